The number of anilines is 2. The van der Waals surface area contributed by atoms with Crippen LogP contribution in [0.15, 0.2) is 83.8 Å². The van der Waals surface area contributed by atoms with Crippen molar-refractivity contribution in [2.45, 2.75) is 11.0 Å². The highest BCUT2D eigenvalue weighted by atomic mass is 35.5. The molecule has 0 spiro atoms. The second kappa shape index (κ2) is 7.77. The van der Waals surface area contributed by atoms with E-state index < -0.39 is 22.0 Å². The minimum Gasteiger partial charge on any atom is -0.476 e. The topological polar surface area (TPSA) is 75.7 Å². The van der Waals surface area contributed by atoms with Crippen LogP contribution in [0.5, 0.6) is 5.75 Å². The van der Waals surface area contributed by atoms with E-state index in [4.69, 9.17) is 16.3 Å². The maximum atomic E-state index is 13.2. The molecule has 0 saturated heterocycles. The number of rotatable bonds is 4. The summed E-state index contributed by atoms with van der Waals surface area (Å²) >= 11 is 5.96. The molecule has 0 aliphatic carbocycles. The molecule has 1 N–H and O–H groups in total. The van der Waals surface area contributed by atoms with Gasteiger partial charge in [-0.15, -0.1) is 0 Å². The van der Waals surface area contributed by atoms with Gasteiger partial charge < -0.3 is 10.1 Å². The van der Waals surface area contributed by atoms with Crippen LogP contribution in [0.4, 0.5) is 11.4 Å². The number of carbonyl (C=O) groups is 1. The predicted molar refractivity (Wildman–Crippen MR) is 112 cm³/mol. The molecule has 0 fully saturated rings. The fourth-order valence-corrected chi connectivity index (χ4v) is 4.76. The lowest BCUT2D eigenvalue weighted by atomic mass is 10.2. The molecule has 6 nitrogen and oxygen atoms in total. The van der Waals surface area contributed by atoms with E-state index in [1.54, 1.807) is 66.7 Å². The molecule has 0 unspecified atom stereocenters. The highest BCUT2D eigenvalue weighted by Crippen LogP contribution is 2.37. The van der Waals surface area contributed by atoms with E-state index in [1.165, 1.54) is 16.4 Å². The van der Waals surface area contributed by atoms with Crippen molar-refractivity contribution in [2.24, 2.45) is 0 Å². The normalized spacial score (nSPS) is 15.9. The summed E-state index contributed by atoms with van der Waals surface area (Å²) < 4.78 is 33.5. The van der Waals surface area contributed by atoms with Gasteiger partial charge in [-0.1, -0.05) is 48.0 Å². The molecule has 4 rings (SSSR count). The minimum atomic E-state index is -3.87. The summed E-state index contributed by atoms with van der Waals surface area (Å²) in [5.41, 5.74) is 0.894. The van der Waals surface area contributed by atoms with Gasteiger partial charge in [0.25, 0.3) is 15.9 Å². The van der Waals surface area contributed by atoms with E-state index in [-0.39, 0.29) is 11.4 Å². The molecule has 1 aliphatic heterocycles. The zero-order valence-electron chi connectivity index (χ0n) is 15.2. The van der Waals surface area contributed by atoms with Gasteiger partial charge in [-0.05, 0) is 42.5 Å². The molecule has 1 amide bonds. The number of hydrogen-bond acceptors (Lipinski definition) is 4. The Hall–Kier alpha value is -3.03. The minimum absolute atomic E-state index is 0.144. The number of nitrogens with one attached hydrogen (secondary N) is 1. The summed E-state index contributed by atoms with van der Waals surface area (Å²) in [6.07, 6.45) is -1.03. The van der Waals surface area contributed by atoms with Gasteiger partial charge >= 0.3 is 0 Å². The monoisotopic (exact) mass is 428 g/mol. The maximum Gasteiger partial charge on any atom is 0.267 e. The van der Waals surface area contributed by atoms with Crippen molar-refractivity contribution < 1.29 is 17.9 Å². The predicted octanol–water partition coefficient (Wildman–Crippen LogP) is 3.94. The number of benzene rings is 3. The van der Waals surface area contributed by atoms with Crippen molar-refractivity contribution in [3.05, 3.63) is 83.9 Å². The standard InChI is InChI=1S/C21H17ClN2O4S/c22-15-7-6-8-16(13-15)23-21(25)20-14-24(18-11-4-5-12-19(18)28-20)29(26,27)17-9-2-1-3-10-17/h1-13,20H,14H2,(H,23,25)/t20-/m1/s1. The van der Waals surface area contributed by atoms with Crippen LogP contribution in [0.1, 0.15) is 0 Å². The second-order valence-electron chi connectivity index (χ2n) is 6.42. The molecule has 8 heteroatoms. The molecule has 1 heterocycles. The molecule has 29 heavy (non-hydrogen) atoms. The molecule has 0 saturated carbocycles. The summed E-state index contributed by atoms with van der Waals surface area (Å²) in [6.45, 7) is -0.152. The van der Waals surface area contributed by atoms with Crippen LogP contribution in [0.25, 0.3) is 0 Å². The van der Waals surface area contributed by atoms with Crippen molar-refractivity contribution in [1.82, 2.24) is 0 Å². The Labute approximate surface area is 173 Å². The lowest BCUT2D eigenvalue weighted by Crippen LogP contribution is -2.48. The van der Waals surface area contributed by atoms with Gasteiger partial charge in [0.15, 0.2) is 6.10 Å². The number of nitrogens with zero attached hydrogens (tertiary/aromatic N) is 1. The summed E-state index contributed by atoms with van der Waals surface area (Å²) in [5, 5.41) is 3.20. The molecule has 3 aromatic rings. The summed E-state index contributed by atoms with van der Waals surface area (Å²) in [5.74, 6) is -0.139. The lowest BCUT2D eigenvalue weighted by Gasteiger charge is -2.34. The van der Waals surface area contributed by atoms with Crippen molar-refractivity contribution in [2.75, 3.05) is 16.2 Å². The van der Waals surface area contributed by atoms with Crippen molar-refractivity contribution >= 4 is 38.9 Å². The van der Waals surface area contributed by atoms with Crippen LogP contribution < -0.4 is 14.4 Å². The van der Waals surface area contributed by atoms with Crippen LogP contribution in [0.2, 0.25) is 5.02 Å². The second-order valence-corrected chi connectivity index (χ2v) is 8.72. The Morgan fingerprint density at radius 3 is 2.48 bits per heavy atom. The average molecular weight is 429 g/mol. The lowest BCUT2D eigenvalue weighted by molar-refractivity contribution is -0.122. The van der Waals surface area contributed by atoms with E-state index in [2.05, 4.69) is 5.32 Å². The van der Waals surface area contributed by atoms with E-state index >= 15 is 0 Å². The highest BCUT2D eigenvalue weighted by molar-refractivity contribution is 7.92. The molecule has 0 bridgehead atoms. The first-order valence-electron chi connectivity index (χ1n) is 8.85. The Kier molecular flexibility index (Phi) is 5.17. The summed E-state index contributed by atoms with van der Waals surface area (Å²) in [4.78, 5) is 12.9. The van der Waals surface area contributed by atoms with E-state index in [0.717, 1.165) is 0 Å². The largest absolute Gasteiger partial charge is 0.476 e. The molecule has 1 aliphatic rings. The van der Waals surface area contributed by atoms with Gasteiger partial charge in [-0.25, -0.2) is 8.42 Å². The van der Waals surface area contributed by atoms with Gasteiger partial charge in [-0.3, -0.25) is 9.10 Å². The third-order valence-electron chi connectivity index (χ3n) is 4.45. The first kappa shape index (κ1) is 19.3. The fourth-order valence-electron chi connectivity index (χ4n) is 3.08. The quantitative estimate of drug-likeness (QED) is 0.683. The van der Waals surface area contributed by atoms with Gasteiger partial charge in [0, 0.05) is 10.7 Å². The van der Waals surface area contributed by atoms with E-state index in [0.29, 0.717) is 22.1 Å². The van der Waals surface area contributed by atoms with Crippen LogP contribution in [-0.4, -0.2) is 27.0 Å². The van der Waals surface area contributed by atoms with Gasteiger partial charge in [0.1, 0.15) is 5.75 Å². The van der Waals surface area contributed by atoms with E-state index in [1.807, 2.05) is 0 Å². The maximum absolute atomic E-state index is 13.2. The number of para-hydroxylation sites is 2. The Morgan fingerprint density at radius 1 is 1.00 bits per heavy atom. The van der Waals surface area contributed by atoms with Crippen LogP contribution in [-0.2, 0) is 14.8 Å². The number of carbonyl (C=O) groups excluding carboxylic acids is 1. The third kappa shape index (κ3) is 3.92. The zero-order valence-corrected chi connectivity index (χ0v) is 16.7. The molecule has 1 atom stereocenters. The Morgan fingerprint density at radius 2 is 1.72 bits per heavy atom. The van der Waals surface area contributed by atoms with Gasteiger partial charge in [0.05, 0.1) is 17.1 Å². The van der Waals surface area contributed by atoms with Crippen LogP contribution >= 0.6 is 11.6 Å². The smallest absolute Gasteiger partial charge is 0.267 e. The van der Waals surface area contributed by atoms with E-state index in [9.17, 15) is 13.2 Å². The third-order valence-corrected chi connectivity index (χ3v) is 6.48. The summed E-state index contributed by atoms with van der Waals surface area (Å²) in [6, 6.07) is 21.5. The SMILES string of the molecule is O=C(Nc1cccc(Cl)c1)[C@H]1CN(S(=O)(=O)c2ccccc2)c2ccccc2O1. The number of hydrogen-bond donors (Lipinski definition) is 1. The number of fused-ring (bicyclic) bond motifs is 1. The zero-order chi connectivity index (χ0) is 20.4. The summed E-state index contributed by atoms with van der Waals surface area (Å²) in [7, 11) is -3.87. The molecule has 3 aromatic carbocycles. The molecule has 0 radical (unpaired) electrons. The molecule has 0 aromatic heterocycles. The average Bonchev–Trinajstić information content (AvgIpc) is 2.73. The van der Waals surface area contributed by atoms with Gasteiger partial charge in [0.2, 0.25) is 0 Å². The Balaban J connectivity index is 1.67. The van der Waals surface area contributed by atoms with Crippen molar-refractivity contribution in [3.8, 4) is 5.75 Å². The first-order valence-corrected chi connectivity index (χ1v) is 10.7. The molecular formula is C21H17ClN2O4S. The highest BCUT2D eigenvalue weighted by Gasteiger charge is 2.37. The molecule has 148 valence electrons. The Bertz CT molecular complexity index is 1150. The van der Waals surface area contributed by atoms with Crippen molar-refractivity contribution in [1.29, 1.82) is 0 Å². The van der Waals surface area contributed by atoms with Gasteiger partial charge in [-0.2, -0.15) is 0 Å². The number of ether oxygens (including phenoxy) is 1. The fraction of sp³-hybridized carbons (Fsp3) is 0.0952. The van der Waals surface area contributed by atoms with Crippen LogP contribution in [0.3, 0.4) is 0 Å². The van der Waals surface area contributed by atoms with Crippen molar-refractivity contribution in [3.63, 3.8) is 0 Å². The van der Waals surface area contributed by atoms with Crippen LogP contribution in [0, 0.1) is 0 Å². The molecular weight excluding hydrogens is 412 g/mol. The number of sulfonamides is 1. The number of amides is 1. The first-order chi connectivity index (χ1) is 13.9. The number of halogens is 1.